The zero-order valence-electron chi connectivity index (χ0n) is 17.4. The van der Waals surface area contributed by atoms with Crippen LogP contribution in [0, 0.1) is 0 Å². The summed E-state index contributed by atoms with van der Waals surface area (Å²) in [7, 11) is 1.50. The molecule has 3 aromatic carbocycles. The quantitative estimate of drug-likeness (QED) is 0.518. The van der Waals surface area contributed by atoms with E-state index in [1.54, 1.807) is 0 Å². The van der Waals surface area contributed by atoms with E-state index in [2.05, 4.69) is 10.6 Å². The van der Waals surface area contributed by atoms with Crippen LogP contribution in [0.4, 0.5) is 4.79 Å². The van der Waals surface area contributed by atoms with Crippen molar-refractivity contribution < 1.29 is 19.1 Å². The van der Waals surface area contributed by atoms with Gasteiger partial charge in [-0.2, -0.15) is 0 Å². The van der Waals surface area contributed by atoms with Gasteiger partial charge in [-0.15, -0.1) is 0 Å². The second kappa shape index (κ2) is 11.4. The van der Waals surface area contributed by atoms with Gasteiger partial charge in [-0.05, 0) is 28.8 Å². The number of carbonyl (C=O) groups excluding carboxylic acids is 2. The fourth-order valence-corrected chi connectivity index (χ4v) is 2.95. The Labute approximate surface area is 182 Å². The first-order chi connectivity index (χ1) is 15.1. The van der Waals surface area contributed by atoms with Crippen molar-refractivity contribution in [1.29, 1.82) is 0 Å². The Hall–Kier alpha value is -3.80. The molecule has 0 aliphatic heterocycles. The number of hydrogen-bond donors (Lipinski definition) is 2. The van der Waals surface area contributed by atoms with Crippen molar-refractivity contribution in [3.05, 3.63) is 102 Å². The lowest BCUT2D eigenvalue weighted by molar-refractivity contribution is -0.147. The summed E-state index contributed by atoms with van der Waals surface area (Å²) in [6, 6.07) is 25.5. The molecule has 1 unspecified atom stereocenters. The number of nitrogens with one attached hydrogen (secondary N) is 2. The Bertz CT molecular complexity index is 960. The number of esters is 1. The fourth-order valence-electron chi connectivity index (χ4n) is 2.95. The normalized spacial score (nSPS) is 11.3. The minimum absolute atomic E-state index is 0.151. The van der Waals surface area contributed by atoms with E-state index in [4.69, 9.17) is 9.47 Å². The molecule has 0 saturated carbocycles. The van der Waals surface area contributed by atoms with Gasteiger partial charge in [-0.25, -0.2) is 9.59 Å². The average molecular weight is 418 g/mol. The van der Waals surface area contributed by atoms with Crippen molar-refractivity contribution in [2.24, 2.45) is 0 Å². The zero-order valence-corrected chi connectivity index (χ0v) is 17.4. The third-order valence-electron chi connectivity index (χ3n) is 4.65. The van der Waals surface area contributed by atoms with Gasteiger partial charge in [0, 0.05) is 13.5 Å². The first-order valence-corrected chi connectivity index (χ1v) is 10.1. The highest BCUT2D eigenvalue weighted by atomic mass is 16.5. The number of ether oxygens (including phenoxy) is 2. The van der Waals surface area contributed by atoms with Gasteiger partial charge in [-0.1, -0.05) is 72.8 Å². The lowest BCUT2D eigenvalue weighted by Gasteiger charge is -2.18. The molecule has 0 aliphatic rings. The number of benzene rings is 3. The maximum absolute atomic E-state index is 12.6. The van der Waals surface area contributed by atoms with Gasteiger partial charge in [-0.3, -0.25) is 0 Å². The highest BCUT2D eigenvalue weighted by molar-refractivity contribution is 5.83. The van der Waals surface area contributed by atoms with E-state index >= 15 is 0 Å². The monoisotopic (exact) mass is 418 g/mol. The highest BCUT2D eigenvalue weighted by Gasteiger charge is 2.22. The molecule has 2 N–H and O–H groups in total. The molecule has 2 amide bonds. The van der Waals surface area contributed by atoms with Crippen LogP contribution < -0.4 is 15.4 Å². The number of urea groups is 1. The lowest BCUT2D eigenvalue weighted by atomic mass is 10.1. The molecule has 3 aromatic rings. The van der Waals surface area contributed by atoms with Crippen LogP contribution in [0.25, 0.3) is 0 Å². The molecule has 3 rings (SSSR count). The van der Waals surface area contributed by atoms with E-state index in [-0.39, 0.29) is 6.61 Å². The molecule has 0 saturated heterocycles. The van der Waals surface area contributed by atoms with Crippen LogP contribution in [0.2, 0.25) is 0 Å². The minimum atomic E-state index is -0.806. The number of hydrogen-bond acceptors (Lipinski definition) is 4. The standard InChI is InChI=1S/C25H26N2O4/c1-26-25(29)27-23(24(28)31-18-21-10-6-3-7-11-21)16-19-12-14-22(15-13-19)30-17-20-8-4-2-5-9-20/h2-15,23H,16-18H2,1H3,(H2,26,27,29). The predicted molar refractivity (Wildman–Crippen MR) is 119 cm³/mol. The first-order valence-electron chi connectivity index (χ1n) is 10.1. The predicted octanol–water partition coefficient (Wildman–Crippen LogP) is 3.85. The Morgan fingerprint density at radius 1 is 0.774 bits per heavy atom. The summed E-state index contributed by atoms with van der Waals surface area (Å²) >= 11 is 0. The number of carbonyl (C=O) groups is 2. The maximum atomic E-state index is 12.6. The van der Waals surface area contributed by atoms with Crippen molar-refractivity contribution in [1.82, 2.24) is 10.6 Å². The van der Waals surface area contributed by atoms with Gasteiger partial charge in [0.15, 0.2) is 0 Å². The molecule has 160 valence electrons. The Balaban J connectivity index is 1.59. The summed E-state index contributed by atoms with van der Waals surface area (Å²) in [4.78, 5) is 24.4. The molecule has 0 spiro atoms. The van der Waals surface area contributed by atoms with Gasteiger partial charge in [0.1, 0.15) is 25.0 Å². The van der Waals surface area contributed by atoms with Crippen molar-refractivity contribution in [3.8, 4) is 5.75 Å². The average Bonchev–Trinajstić information content (AvgIpc) is 2.83. The molecule has 0 fully saturated rings. The topological polar surface area (TPSA) is 76.7 Å². The molecule has 1 atom stereocenters. The van der Waals surface area contributed by atoms with Crippen LogP contribution in [0.3, 0.4) is 0 Å². The van der Waals surface area contributed by atoms with Crippen LogP contribution in [-0.2, 0) is 29.2 Å². The maximum Gasteiger partial charge on any atom is 0.329 e. The van der Waals surface area contributed by atoms with E-state index in [1.165, 1.54) is 7.05 Å². The second-order valence-corrected chi connectivity index (χ2v) is 6.99. The van der Waals surface area contributed by atoms with Crippen molar-refractivity contribution in [2.75, 3.05) is 7.05 Å². The van der Waals surface area contributed by atoms with E-state index in [0.29, 0.717) is 13.0 Å². The van der Waals surface area contributed by atoms with Crippen molar-refractivity contribution in [2.45, 2.75) is 25.7 Å². The summed E-state index contributed by atoms with van der Waals surface area (Å²) in [5.74, 6) is 0.243. The molecule has 0 aliphatic carbocycles. The van der Waals surface area contributed by atoms with Gasteiger partial charge < -0.3 is 20.1 Å². The molecule has 0 bridgehead atoms. The molecule has 0 radical (unpaired) electrons. The van der Waals surface area contributed by atoms with E-state index in [0.717, 1.165) is 22.4 Å². The molecular formula is C25H26N2O4. The molecule has 6 nitrogen and oxygen atoms in total. The van der Waals surface area contributed by atoms with E-state index in [1.807, 2.05) is 84.9 Å². The van der Waals surface area contributed by atoms with Gasteiger partial charge in [0.2, 0.25) is 0 Å². The summed E-state index contributed by atoms with van der Waals surface area (Å²) in [5.41, 5.74) is 2.85. The van der Waals surface area contributed by atoms with Crippen LogP contribution in [0.15, 0.2) is 84.9 Å². The Morgan fingerprint density at radius 2 is 1.35 bits per heavy atom. The SMILES string of the molecule is CNC(=O)NC(Cc1ccc(OCc2ccccc2)cc1)C(=O)OCc1ccccc1. The number of rotatable bonds is 9. The van der Waals surface area contributed by atoms with Crippen LogP contribution in [0.1, 0.15) is 16.7 Å². The van der Waals surface area contributed by atoms with Gasteiger partial charge in [0.05, 0.1) is 0 Å². The van der Waals surface area contributed by atoms with Crippen LogP contribution >= 0.6 is 0 Å². The molecule has 6 heteroatoms. The largest absolute Gasteiger partial charge is 0.489 e. The van der Waals surface area contributed by atoms with Crippen LogP contribution in [-0.4, -0.2) is 25.1 Å². The first kappa shape index (κ1) is 21.9. The smallest absolute Gasteiger partial charge is 0.329 e. The molecule has 0 heterocycles. The summed E-state index contributed by atoms with van der Waals surface area (Å²) < 4.78 is 11.2. The Kier molecular flexibility index (Phi) is 8.05. The molecular weight excluding hydrogens is 392 g/mol. The lowest BCUT2D eigenvalue weighted by Crippen LogP contribution is -2.46. The number of amides is 2. The third kappa shape index (κ3) is 7.19. The minimum Gasteiger partial charge on any atom is -0.489 e. The Morgan fingerprint density at radius 3 is 1.94 bits per heavy atom. The molecule has 31 heavy (non-hydrogen) atoms. The molecule has 0 aromatic heterocycles. The fraction of sp³-hybridized carbons (Fsp3) is 0.200. The van der Waals surface area contributed by atoms with Crippen molar-refractivity contribution >= 4 is 12.0 Å². The summed E-state index contributed by atoms with van der Waals surface area (Å²) in [6.45, 7) is 0.630. The third-order valence-corrected chi connectivity index (χ3v) is 4.65. The van der Waals surface area contributed by atoms with Crippen LogP contribution in [0.5, 0.6) is 5.75 Å². The second-order valence-electron chi connectivity index (χ2n) is 6.99. The van der Waals surface area contributed by atoms with Gasteiger partial charge >= 0.3 is 12.0 Å². The zero-order chi connectivity index (χ0) is 21.9. The van der Waals surface area contributed by atoms with E-state index in [9.17, 15) is 9.59 Å². The van der Waals surface area contributed by atoms with E-state index < -0.39 is 18.0 Å². The van der Waals surface area contributed by atoms with Crippen molar-refractivity contribution in [3.63, 3.8) is 0 Å². The highest BCUT2D eigenvalue weighted by Crippen LogP contribution is 2.16. The van der Waals surface area contributed by atoms with Gasteiger partial charge in [0.25, 0.3) is 0 Å². The summed E-state index contributed by atoms with van der Waals surface area (Å²) in [6.07, 6.45) is 0.306. The summed E-state index contributed by atoms with van der Waals surface area (Å²) in [5, 5.41) is 5.13.